The standard InChI is InChI=1S/C21H16ClFO3S/c1-25-21(24)20(26-17-8-6-16(23)7-9-17)14-2-10-18(11-3-14)27-19-12-4-15(22)5-13-19/h2-13,20H,1H3. The fraction of sp³-hybridized carbons (Fsp3) is 0.0952. The van der Waals surface area contributed by atoms with Crippen LogP contribution in [0.4, 0.5) is 4.39 Å². The Morgan fingerprint density at radius 1 is 0.926 bits per heavy atom. The van der Waals surface area contributed by atoms with Gasteiger partial charge in [-0.2, -0.15) is 0 Å². The van der Waals surface area contributed by atoms with Gasteiger partial charge in [-0.3, -0.25) is 0 Å². The summed E-state index contributed by atoms with van der Waals surface area (Å²) in [5.74, 6) is -0.524. The average molecular weight is 403 g/mol. The number of esters is 1. The minimum Gasteiger partial charge on any atom is -0.474 e. The van der Waals surface area contributed by atoms with Gasteiger partial charge in [-0.15, -0.1) is 0 Å². The van der Waals surface area contributed by atoms with Crippen LogP contribution in [0.15, 0.2) is 82.6 Å². The van der Waals surface area contributed by atoms with Gasteiger partial charge >= 0.3 is 5.97 Å². The van der Waals surface area contributed by atoms with Crippen molar-refractivity contribution in [3.05, 3.63) is 89.2 Å². The smallest absolute Gasteiger partial charge is 0.351 e. The Hall–Kier alpha value is -2.50. The maximum atomic E-state index is 13.1. The molecule has 0 aliphatic heterocycles. The van der Waals surface area contributed by atoms with E-state index in [-0.39, 0.29) is 5.82 Å². The van der Waals surface area contributed by atoms with E-state index >= 15 is 0 Å². The molecule has 0 radical (unpaired) electrons. The van der Waals surface area contributed by atoms with E-state index in [2.05, 4.69) is 0 Å². The molecule has 0 aromatic heterocycles. The number of hydrogen-bond donors (Lipinski definition) is 0. The van der Waals surface area contributed by atoms with Gasteiger partial charge in [-0.25, -0.2) is 9.18 Å². The van der Waals surface area contributed by atoms with Gasteiger partial charge in [0.05, 0.1) is 7.11 Å². The number of carbonyl (C=O) groups is 1. The van der Waals surface area contributed by atoms with E-state index in [0.29, 0.717) is 16.3 Å². The van der Waals surface area contributed by atoms with Gasteiger partial charge in [-0.1, -0.05) is 35.5 Å². The van der Waals surface area contributed by atoms with Crippen molar-refractivity contribution in [1.29, 1.82) is 0 Å². The Kier molecular flexibility index (Phi) is 6.37. The van der Waals surface area contributed by atoms with Crippen molar-refractivity contribution >= 4 is 29.3 Å². The molecule has 138 valence electrons. The number of benzene rings is 3. The first-order valence-electron chi connectivity index (χ1n) is 8.08. The molecule has 0 bridgehead atoms. The molecule has 3 nitrogen and oxygen atoms in total. The summed E-state index contributed by atoms with van der Waals surface area (Å²) < 4.78 is 23.6. The third-order valence-electron chi connectivity index (χ3n) is 3.72. The van der Waals surface area contributed by atoms with E-state index in [9.17, 15) is 9.18 Å². The van der Waals surface area contributed by atoms with Crippen LogP contribution >= 0.6 is 23.4 Å². The average Bonchev–Trinajstić information content (AvgIpc) is 2.69. The van der Waals surface area contributed by atoms with Gasteiger partial charge in [0.25, 0.3) is 0 Å². The van der Waals surface area contributed by atoms with E-state index in [1.165, 1.54) is 31.4 Å². The van der Waals surface area contributed by atoms with Crippen molar-refractivity contribution in [3.8, 4) is 5.75 Å². The Bertz CT molecular complexity index is 896. The fourth-order valence-corrected chi connectivity index (χ4v) is 3.30. The van der Waals surface area contributed by atoms with Crippen LogP contribution in [0.25, 0.3) is 0 Å². The Balaban J connectivity index is 1.77. The molecule has 1 unspecified atom stereocenters. The van der Waals surface area contributed by atoms with Crippen LogP contribution in [0.1, 0.15) is 11.7 Å². The van der Waals surface area contributed by atoms with Crippen LogP contribution in [0.2, 0.25) is 5.02 Å². The maximum Gasteiger partial charge on any atom is 0.351 e. The zero-order valence-electron chi connectivity index (χ0n) is 14.4. The predicted octanol–water partition coefficient (Wildman–Crippen LogP) is 5.92. The first-order valence-corrected chi connectivity index (χ1v) is 9.28. The van der Waals surface area contributed by atoms with Gasteiger partial charge in [0.2, 0.25) is 6.10 Å². The van der Waals surface area contributed by atoms with E-state index in [4.69, 9.17) is 21.1 Å². The highest BCUT2D eigenvalue weighted by Crippen LogP contribution is 2.30. The molecule has 0 saturated carbocycles. The molecule has 0 heterocycles. The lowest BCUT2D eigenvalue weighted by atomic mass is 10.1. The molecule has 3 aromatic rings. The Labute approximate surface area is 166 Å². The molecule has 0 amide bonds. The van der Waals surface area contributed by atoms with Gasteiger partial charge in [-0.05, 0) is 60.7 Å². The molecule has 3 rings (SSSR count). The summed E-state index contributed by atoms with van der Waals surface area (Å²) in [5, 5.41) is 0.688. The predicted molar refractivity (Wildman–Crippen MR) is 104 cm³/mol. The highest BCUT2D eigenvalue weighted by Gasteiger charge is 2.23. The second kappa shape index (κ2) is 8.93. The molecule has 0 saturated heterocycles. The normalized spacial score (nSPS) is 11.7. The first kappa shape index (κ1) is 19.3. The minimum atomic E-state index is -0.935. The van der Waals surface area contributed by atoms with Crippen LogP contribution in [0.5, 0.6) is 5.75 Å². The third kappa shape index (κ3) is 5.25. The molecule has 27 heavy (non-hydrogen) atoms. The van der Waals surface area contributed by atoms with Gasteiger partial charge in [0.15, 0.2) is 0 Å². The molecule has 0 aliphatic rings. The summed E-state index contributed by atoms with van der Waals surface area (Å²) in [6, 6.07) is 20.5. The molecule has 3 aromatic carbocycles. The molecule has 0 aliphatic carbocycles. The number of methoxy groups -OCH3 is 1. The van der Waals surface area contributed by atoms with Crippen molar-refractivity contribution in [2.45, 2.75) is 15.9 Å². The van der Waals surface area contributed by atoms with Crippen LogP contribution in [-0.4, -0.2) is 13.1 Å². The monoisotopic (exact) mass is 402 g/mol. The lowest BCUT2D eigenvalue weighted by molar-refractivity contribution is -0.149. The molecule has 0 spiro atoms. The summed E-state index contributed by atoms with van der Waals surface area (Å²) >= 11 is 7.48. The van der Waals surface area contributed by atoms with Crippen molar-refractivity contribution < 1.29 is 18.7 Å². The second-order valence-electron chi connectivity index (χ2n) is 5.60. The molecular weight excluding hydrogens is 387 g/mol. The number of carbonyl (C=O) groups excluding carboxylic acids is 1. The van der Waals surface area contributed by atoms with Gasteiger partial charge in [0, 0.05) is 20.4 Å². The first-order chi connectivity index (χ1) is 13.0. The number of ether oxygens (including phenoxy) is 2. The lowest BCUT2D eigenvalue weighted by Gasteiger charge is -2.17. The summed E-state index contributed by atoms with van der Waals surface area (Å²) in [6.07, 6.45) is -0.935. The lowest BCUT2D eigenvalue weighted by Crippen LogP contribution is -2.20. The van der Waals surface area contributed by atoms with Crippen LogP contribution in [0.3, 0.4) is 0 Å². The second-order valence-corrected chi connectivity index (χ2v) is 7.18. The molecule has 6 heteroatoms. The molecule has 1 atom stereocenters. The summed E-state index contributed by atoms with van der Waals surface area (Å²) in [7, 11) is 1.30. The van der Waals surface area contributed by atoms with Crippen molar-refractivity contribution in [2.75, 3.05) is 7.11 Å². The van der Waals surface area contributed by atoms with Crippen LogP contribution in [0, 0.1) is 5.82 Å². The fourth-order valence-electron chi connectivity index (χ4n) is 2.36. The van der Waals surface area contributed by atoms with Crippen molar-refractivity contribution in [3.63, 3.8) is 0 Å². The third-order valence-corrected chi connectivity index (χ3v) is 4.98. The van der Waals surface area contributed by atoms with Crippen LogP contribution in [-0.2, 0) is 9.53 Å². The minimum absolute atomic E-state index is 0.374. The number of hydrogen-bond acceptors (Lipinski definition) is 4. The van der Waals surface area contributed by atoms with Gasteiger partial charge in [0.1, 0.15) is 11.6 Å². The van der Waals surface area contributed by atoms with E-state index in [0.717, 1.165) is 9.79 Å². The molecule has 0 fully saturated rings. The molecular formula is C21H16ClFO3S. The van der Waals surface area contributed by atoms with E-state index in [1.54, 1.807) is 11.8 Å². The Morgan fingerprint density at radius 2 is 1.48 bits per heavy atom. The molecule has 0 N–H and O–H groups in total. The summed E-state index contributed by atoms with van der Waals surface area (Å²) in [4.78, 5) is 14.2. The van der Waals surface area contributed by atoms with E-state index in [1.807, 2.05) is 48.5 Å². The van der Waals surface area contributed by atoms with Gasteiger partial charge < -0.3 is 9.47 Å². The number of halogens is 2. The largest absolute Gasteiger partial charge is 0.474 e. The summed E-state index contributed by atoms with van der Waals surface area (Å²) in [5.41, 5.74) is 0.645. The topological polar surface area (TPSA) is 35.5 Å². The van der Waals surface area contributed by atoms with Crippen molar-refractivity contribution in [2.24, 2.45) is 0 Å². The number of rotatable bonds is 6. The maximum absolute atomic E-state index is 13.1. The summed E-state index contributed by atoms with van der Waals surface area (Å²) in [6.45, 7) is 0. The SMILES string of the molecule is COC(=O)C(Oc1ccc(F)cc1)c1ccc(Sc2ccc(Cl)cc2)cc1. The van der Waals surface area contributed by atoms with Crippen molar-refractivity contribution in [1.82, 2.24) is 0 Å². The van der Waals surface area contributed by atoms with E-state index < -0.39 is 12.1 Å². The zero-order chi connectivity index (χ0) is 19.2. The quantitative estimate of drug-likeness (QED) is 0.479. The Morgan fingerprint density at radius 3 is 2.04 bits per heavy atom. The highest BCUT2D eigenvalue weighted by atomic mass is 35.5. The van der Waals surface area contributed by atoms with Crippen LogP contribution < -0.4 is 4.74 Å². The highest BCUT2D eigenvalue weighted by molar-refractivity contribution is 7.99. The zero-order valence-corrected chi connectivity index (χ0v) is 16.0.